The molecule has 2 aromatic rings. The van der Waals surface area contributed by atoms with Crippen molar-refractivity contribution in [1.29, 1.82) is 0 Å². The fraction of sp³-hybridized carbons (Fsp3) is 0.429. The number of hydrogen-bond donors (Lipinski definition) is 0. The van der Waals surface area contributed by atoms with Crippen molar-refractivity contribution in [3.05, 3.63) is 28.6 Å². The number of ether oxygens (including phenoxy) is 1. The number of thiazole rings is 1. The van der Waals surface area contributed by atoms with E-state index in [0.29, 0.717) is 18.8 Å². The molecule has 4 nitrogen and oxygen atoms in total. The predicted octanol–water partition coefficient (Wildman–Crippen LogP) is 3.12. The summed E-state index contributed by atoms with van der Waals surface area (Å²) in [6, 6.07) is 4.12. The molecule has 6 heteroatoms. The molecule has 0 aromatic carbocycles. The van der Waals surface area contributed by atoms with E-state index in [1.54, 1.807) is 11.3 Å². The molecule has 0 unspecified atom stereocenters. The van der Waals surface area contributed by atoms with E-state index in [2.05, 4.69) is 4.98 Å². The highest BCUT2D eigenvalue weighted by Crippen LogP contribution is 2.28. The van der Waals surface area contributed by atoms with Crippen LogP contribution in [0.5, 0.6) is 0 Å². The number of amides is 1. The zero-order chi connectivity index (χ0) is 14.1. The molecule has 106 valence electrons. The second kappa shape index (κ2) is 5.63. The van der Waals surface area contributed by atoms with Crippen LogP contribution in [0, 0.1) is 0 Å². The molecule has 0 N–H and O–H groups in total. The summed E-state index contributed by atoms with van der Waals surface area (Å²) in [7, 11) is 0. The summed E-state index contributed by atoms with van der Waals surface area (Å²) in [6.45, 7) is 5.22. The lowest BCUT2D eigenvalue weighted by Gasteiger charge is -2.36. The number of aromatic nitrogens is 1. The largest absolute Gasteiger partial charge is 0.375 e. The first-order valence-electron chi connectivity index (χ1n) is 6.57. The molecule has 3 rings (SSSR count). The van der Waals surface area contributed by atoms with Gasteiger partial charge in [0.1, 0.15) is 10.7 Å². The molecule has 1 amide bonds. The maximum absolute atomic E-state index is 12.6. The quantitative estimate of drug-likeness (QED) is 0.856. The molecular weight excluding hydrogens is 292 g/mol. The van der Waals surface area contributed by atoms with Gasteiger partial charge in [-0.05, 0) is 25.3 Å². The van der Waals surface area contributed by atoms with Gasteiger partial charge in [-0.25, -0.2) is 4.98 Å². The van der Waals surface area contributed by atoms with Crippen LogP contribution < -0.4 is 0 Å². The van der Waals surface area contributed by atoms with E-state index < -0.39 is 0 Å². The summed E-state index contributed by atoms with van der Waals surface area (Å²) < 4.78 is 5.56. The summed E-state index contributed by atoms with van der Waals surface area (Å²) in [5, 5.41) is 4.78. The average Bonchev–Trinajstić information content (AvgIpc) is 3.10. The van der Waals surface area contributed by atoms with Crippen molar-refractivity contribution < 1.29 is 9.53 Å². The van der Waals surface area contributed by atoms with Crippen LogP contribution >= 0.6 is 22.7 Å². The lowest BCUT2D eigenvalue weighted by molar-refractivity contribution is -0.0388. The maximum Gasteiger partial charge on any atom is 0.273 e. The Morgan fingerprint density at radius 3 is 3.05 bits per heavy atom. The molecule has 1 saturated heterocycles. The third-order valence-corrected chi connectivity index (χ3v) is 5.21. The van der Waals surface area contributed by atoms with Crippen LogP contribution in [-0.4, -0.2) is 41.1 Å². The average molecular weight is 308 g/mol. The Morgan fingerprint density at radius 1 is 1.45 bits per heavy atom. The zero-order valence-corrected chi connectivity index (χ0v) is 13.0. The first-order valence-corrected chi connectivity index (χ1v) is 8.33. The van der Waals surface area contributed by atoms with Crippen LogP contribution in [-0.2, 0) is 4.74 Å². The highest BCUT2D eigenvalue weighted by molar-refractivity contribution is 7.20. The number of hydrogen-bond acceptors (Lipinski definition) is 5. The van der Waals surface area contributed by atoms with Crippen molar-refractivity contribution in [2.24, 2.45) is 0 Å². The fourth-order valence-corrected chi connectivity index (χ4v) is 3.83. The second-order valence-electron chi connectivity index (χ2n) is 4.97. The molecule has 2 aromatic heterocycles. The van der Waals surface area contributed by atoms with Gasteiger partial charge in [-0.3, -0.25) is 4.79 Å². The Balaban J connectivity index is 1.80. The van der Waals surface area contributed by atoms with Gasteiger partial charge in [0.25, 0.3) is 5.91 Å². The van der Waals surface area contributed by atoms with Gasteiger partial charge >= 0.3 is 0 Å². The van der Waals surface area contributed by atoms with Gasteiger partial charge in [-0.2, -0.15) is 0 Å². The van der Waals surface area contributed by atoms with Gasteiger partial charge in [0.2, 0.25) is 0 Å². The van der Waals surface area contributed by atoms with Gasteiger partial charge in [0, 0.05) is 11.9 Å². The lowest BCUT2D eigenvalue weighted by Crippen LogP contribution is -2.50. The van der Waals surface area contributed by atoms with E-state index >= 15 is 0 Å². The molecule has 0 radical (unpaired) electrons. The number of thiophene rings is 1. The number of nitrogens with zero attached hydrogens (tertiary/aromatic N) is 2. The molecule has 2 atom stereocenters. The Bertz CT molecular complexity index is 594. The third-order valence-electron chi connectivity index (χ3n) is 3.32. The first kappa shape index (κ1) is 13.7. The van der Waals surface area contributed by atoms with E-state index in [0.717, 1.165) is 9.88 Å². The van der Waals surface area contributed by atoms with Gasteiger partial charge in [0.15, 0.2) is 0 Å². The lowest BCUT2D eigenvalue weighted by atomic mass is 10.2. The number of morpholine rings is 1. The normalized spacial score (nSPS) is 23.0. The Morgan fingerprint density at radius 2 is 2.30 bits per heavy atom. The van der Waals surface area contributed by atoms with Gasteiger partial charge in [-0.1, -0.05) is 6.07 Å². The molecule has 0 spiro atoms. The molecule has 1 aliphatic heterocycles. The number of carbonyl (C=O) groups is 1. The van der Waals surface area contributed by atoms with Gasteiger partial charge < -0.3 is 9.64 Å². The minimum atomic E-state index is 0.00621. The summed E-state index contributed by atoms with van der Waals surface area (Å²) in [6.07, 6.45) is 0.0885. The van der Waals surface area contributed by atoms with Crippen LogP contribution in [0.3, 0.4) is 0 Å². The van der Waals surface area contributed by atoms with Crippen molar-refractivity contribution >= 4 is 28.6 Å². The van der Waals surface area contributed by atoms with E-state index in [1.807, 2.05) is 41.6 Å². The maximum atomic E-state index is 12.6. The Kier molecular flexibility index (Phi) is 3.87. The first-order chi connectivity index (χ1) is 9.65. The molecular formula is C14H16N2O2S2. The summed E-state index contributed by atoms with van der Waals surface area (Å²) in [5.41, 5.74) is 0.541. The van der Waals surface area contributed by atoms with Gasteiger partial charge in [-0.15, -0.1) is 22.7 Å². The number of rotatable bonds is 2. The van der Waals surface area contributed by atoms with Crippen molar-refractivity contribution in [3.8, 4) is 9.88 Å². The summed E-state index contributed by atoms with van der Waals surface area (Å²) >= 11 is 3.16. The SMILES string of the molecule is C[C@@H]1CO[C@@H](C)CN1C(=O)c1csc(-c2cccs2)n1. The van der Waals surface area contributed by atoms with E-state index in [1.165, 1.54) is 11.3 Å². The minimum Gasteiger partial charge on any atom is -0.375 e. The van der Waals surface area contributed by atoms with E-state index in [4.69, 9.17) is 4.74 Å². The van der Waals surface area contributed by atoms with Crippen molar-refractivity contribution in [2.45, 2.75) is 26.0 Å². The number of carbonyl (C=O) groups excluding carboxylic acids is 1. The van der Waals surface area contributed by atoms with Crippen LogP contribution in [0.4, 0.5) is 0 Å². The van der Waals surface area contributed by atoms with E-state index in [9.17, 15) is 4.79 Å². The summed E-state index contributed by atoms with van der Waals surface area (Å²) in [5.74, 6) is 0.00621. The van der Waals surface area contributed by atoms with Crippen LogP contribution in [0.25, 0.3) is 9.88 Å². The predicted molar refractivity (Wildman–Crippen MR) is 81.3 cm³/mol. The monoisotopic (exact) mass is 308 g/mol. The van der Waals surface area contributed by atoms with Crippen LogP contribution in [0.1, 0.15) is 24.3 Å². The highest BCUT2D eigenvalue weighted by atomic mass is 32.1. The molecule has 3 heterocycles. The Labute approximate surface area is 126 Å². The Hall–Kier alpha value is -1.24. The second-order valence-corrected chi connectivity index (χ2v) is 6.77. The minimum absolute atomic E-state index is 0.00621. The highest BCUT2D eigenvalue weighted by Gasteiger charge is 2.29. The van der Waals surface area contributed by atoms with Crippen LogP contribution in [0.15, 0.2) is 22.9 Å². The topological polar surface area (TPSA) is 42.4 Å². The summed E-state index contributed by atoms with van der Waals surface area (Å²) in [4.78, 5) is 20.0. The van der Waals surface area contributed by atoms with E-state index in [-0.39, 0.29) is 18.1 Å². The fourth-order valence-electron chi connectivity index (χ4n) is 2.22. The molecule has 0 bridgehead atoms. The molecule has 1 fully saturated rings. The van der Waals surface area contributed by atoms with Crippen molar-refractivity contribution in [3.63, 3.8) is 0 Å². The molecule has 20 heavy (non-hydrogen) atoms. The van der Waals surface area contributed by atoms with Crippen molar-refractivity contribution in [2.75, 3.05) is 13.2 Å². The molecule has 0 aliphatic carbocycles. The molecule has 1 aliphatic rings. The van der Waals surface area contributed by atoms with Crippen molar-refractivity contribution in [1.82, 2.24) is 9.88 Å². The third kappa shape index (κ3) is 2.63. The molecule has 0 saturated carbocycles. The zero-order valence-electron chi connectivity index (χ0n) is 11.4. The van der Waals surface area contributed by atoms with Gasteiger partial charge in [0.05, 0.1) is 23.6 Å². The van der Waals surface area contributed by atoms with Crippen LogP contribution in [0.2, 0.25) is 0 Å². The standard InChI is InChI=1S/C14H16N2O2S2/c1-9-7-18-10(2)6-16(9)14(17)11-8-20-13(15-11)12-4-3-5-19-12/h3-5,8-10H,6-7H2,1-2H3/t9-,10+/m1/s1. The smallest absolute Gasteiger partial charge is 0.273 e.